The number of ether oxygens (including phenoxy) is 1. The second-order valence-corrected chi connectivity index (χ2v) is 8.88. The van der Waals surface area contributed by atoms with E-state index >= 15 is 0 Å². The van der Waals surface area contributed by atoms with Crippen molar-refractivity contribution in [2.24, 2.45) is 7.05 Å². The van der Waals surface area contributed by atoms with Crippen LogP contribution < -0.4 is 25.0 Å². The summed E-state index contributed by atoms with van der Waals surface area (Å²) in [7, 11) is 5.50. The van der Waals surface area contributed by atoms with Crippen molar-refractivity contribution >= 4 is 39.7 Å². The number of aromatic nitrogens is 2. The lowest BCUT2D eigenvalue weighted by Gasteiger charge is -2.38. The Labute approximate surface area is 193 Å². The van der Waals surface area contributed by atoms with Crippen molar-refractivity contribution in [1.82, 2.24) is 9.55 Å². The highest BCUT2D eigenvalue weighted by Crippen LogP contribution is 2.42. The maximum atomic E-state index is 12.6. The number of carbonyl (C=O) groups excluding carboxylic acids is 1. The fourth-order valence-corrected chi connectivity index (χ4v) is 4.89. The van der Waals surface area contributed by atoms with Crippen molar-refractivity contribution in [1.29, 1.82) is 0 Å². The molecule has 8 heteroatoms. The number of amides is 1. The van der Waals surface area contributed by atoms with Crippen molar-refractivity contribution in [2.75, 3.05) is 48.5 Å². The van der Waals surface area contributed by atoms with Crippen molar-refractivity contribution < 1.29 is 9.53 Å². The van der Waals surface area contributed by atoms with Crippen molar-refractivity contribution in [3.63, 3.8) is 0 Å². The number of fused-ring (bicyclic) bond motifs is 2. The minimum absolute atomic E-state index is 0.0158. The number of aryl methyl sites for hydroxylation is 2. The van der Waals surface area contributed by atoms with Crippen LogP contribution in [0.2, 0.25) is 0 Å². The summed E-state index contributed by atoms with van der Waals surface area (Å²) in [6.45, 7) is 4.13. The molecular weight excluding hydrogens is 418 g/mol. The van der Waals surface area contributed by atoms with Gasteiger partial charge in [0.1, 0.15) is 11.6 Å². The van der Waals surface area contributed by atoms with Gasteiger partial charge in [-0.1, -0.05) is 0 Å². The summed E-state index contributed by atoms with van der Waals surface area (Å²) in [4.78, 5) is 36.0. The number of methoxy groups -OCH3 is 1. The highest BCUT2D eigenvalue weighted by Gasteiger charge is 2.28. The molecule has 1 saturated heterocycles. The number of pyridine rings is 2. The number of anilines is 4. The van der Waals surface area contributed by atoms with E-state index in [0.717, 1.165) is 53.9 Å². The van der Waals surface area contributed by atoms with Crippen molar-refractivity contribution in [3.8, 4) is 5.75 Å². The Balaban J connectivity index is 1.67. The molecule has 1 aromatic carbocycles. The summed E-state index contributed by atoms with van der Waals surface area (Å²) in [6.07, 6.45) is 4.38. The molecule has 8 nitrogen and oxygen atoms in total. The monoisotopic (exact) mass is 447 g/mol. The van der Waals surface area contributed by atoms with Crippen LogP contribution in [0.25, 0.3) is 10.9 Å². The number of likely N-dealkylation sites (N-methyl/N-ethyl adjacent to an activating group) is 1. The average Bonchev–Trinajstić information content (AvgIpc) is 2.83. The van der Waals surface area contributed by atoms with Crippen LogP contribution in [0.4, 0.5) is 22.9 Å². The van der Waals surface area contributed by atoms with Gasteiger partial charge in [-0.15, -0.1) is 0 Å². The van der Waals surface area contributed by atoms with Gasteiger partial charge in [0.05, 0.1) is 35.9 Å². The Hall–Kier alpha value is -3.55. The molecule has 2 aliphatic heterocycles. The first kappa shape index (κ1) is 21.3. The first-order chi connectivity index (χ1) is 15.9. The van der Waals surface area contributed by atoms with E-state index in [1.54, 1.807) is 23.6 Å². The lowest BCUT2D eigenvalue weighted by molar-refractivity contribution is -0.119. The van der Waals surface area contributed by atoms with Crippen LogP contribution in [0, 0.1) is 6.92 Å². The Morgan fingerprint density at radius 3 is 2.48 bits per heavy atom. The maximum Gasteiger partial charge on any atom is 0.253 e. The number of carbonyl (C=O) groups is 1. The number of hydrogen-bond acceptors (Lipinski definition) is 6. The second kappa shape index (κ2) is 8.10. The summed E-state index contributed by atoms with van der Waals surface area (Å²) in [6, 6.07) is 7.90. The summed E-state index contributed by atoms with van der Waals surface area (Å²) < 4.78 is 7.26. The summed E-state index contributed by atoms with van der Waals surface area (Å²) >= 11 is 0. The summed E-state index contributed by atoms with van der Waals surface area (Å²) in [5, 5.41) is 0.987. The molecule has 5 rings (SSSR count). The molecule has 1 amide bonds. The van der Waals surface area contributed by atoms with Crippen LogP contribution in [-0.2, 0) is 11.8 Å². The molecule has 1 fully saturated rings. The number of rotatable bonds is 3. The highest BCUT2D eigenvalue weighted by atomic mass is 16.5. The molecule has 0 aliphatic carbocycles. The van der Waals surface area contributed by atoms with Crippen LogP contribution in [0.1, 0.15) is 24.8 Å². The second-order valence-electron chi connectivity index (χ2n) is 8.88. The van der Waals surface area contributed by atoms with Crippen LogP contribution in [0.3, 0.4) is 0 Å². The van der Waals surface area contributed by atoms with Gasteiger partial charge in [0.2, 0.25) is 5.91 Å². The van der Waals surface area contributed by atoms with E-state index in [4.69, 9.17) is 9.72 Å². The van der Waals surface area contributed by atoms with E-state index in [1.165, 1.54) is 0 Å². The zero-order valence-electron chi connectivity index (χ0n) is 19.6. The molecule has 172 valence electrons. The van der Waals surface area contributed by atoms with E-state index in [1.807, 2.05) is 37.4 Å². The average molecular weight is 448 g/mol. The van der Waals surface area contributed by atoms with Gasteiger partial charge in [-0.05, 0) is 25.8 Å². The Morgan fingerprint density at radius 2 is 1.73 bits per heavy atom. The van der Waals surface area contributed by atoms with Gasteiger partial charge in [-0.2, -0.15) is 0 Å². The van der Waals surface area contributed by atoms with Crippen LogP contribution >= 0.6 is 0 Å². The van der Waals surface area contributed by atoms with E-state index in [9.17, 15) is 9.59 Å². The van der Waals surface area contributed by atoms with Gasteiger partial charge in [-0.3, -0.25) is 14.5 Å². The number of nitrogens with zero attached hydrogens (tertiary/aromatic N) is 5. The van der Waals surface area contributed by atoms with E-state index in [-0.39, 0.29) is 11.5 Å². The first-order valence-corrected chi connectivity index (χ1v) is 11.4. The predicted octanol–water partition coefficient (Wildman–Crippen LogP) is 3.36. The van der Waals surface area contributed by atoms with Crippen LogP contribution in [0.15, 0.2) is 35.3 Å². The molecule has 0 saturated carbocycles. The fourth-order valence-electron chi connectivity index (χ4n) is 4.89. The minimum Gasteiger partial charge on any atom is -0.497 e. The van der Waals surface area contributed by atoms with E-state index in [0.29, 0.717) is 30.1 Å². The van der Waals surface area contributed by atoms with Gasteiger partial charge >= 0.3 is 0 Å². The first-order valence-electron chi connectivity index (χ1n) is 11.4. The Morgan fingerprint density at radius 1 is 0.909 bits per heavy atom. The Kier molecular flexibility index (Phi) is 5.23. The number of hydrogen-bond donors (Lipinski definition) is 0. The number of benzene rings is 1. The highest BCUT2D eigenvalue weighted by molar-refractivity contribution is 5.99. The molecular formula is C25H29N5O3. The third-order valence-corrected chi connectivity index (χ3v) is 6.81. The van der Waals surface area contributed by atoms with Gasteiger partial charge in [0.25, 0.3) is 5.56 Å². The summed E-state index contributed by atoms with van der Waals surface area (Å²) in [5.74, 6) is 1.54. The molecule has 0 unspecified atom stereocenters. The Bertz CT molecular complexity index is 1320. The molecule has 2 aromatic heterocycles. The molecule has 0 bridgehead atoms. The topological polar surface area (TPSA) is 70.9 Å². The van der Waals surface area contributed by atoms with Crippen molar-refractivity contribution in [3.05, 3.63) is 46.4 Å². The van der Waals surface area contributed by atoms with Gasteiger partial charge in [-0.25, -0.2) is 4.98 Å². The molecule has 33 heavy (non-hydrogen) atoms. The molecule has 4 heterocycles. The summed E-state index contributed by atoms with van der Waals surface area (Å²) in [5.41, 5.74) is 4.48. The van der Waals surface area contributed by atoms with Crippen molar-refractivity contribution in [2.45, 2.75) is 26.2 Å². The molecule has 0 atom stereocenters. The predicted molar refractivity (Wildman–Crippen MR) is 131 cm³/mol. The molecule has 0 spiro atoms. The standard InChI is InChI=1S/C25H29N5O3/c1-16-11-18-19(28(3)25(16)32)12-17(33-4)13-20(18)29-10-9-27(2)21-14-23(26-15-22(21)29)30-8-6-5-7-24(30)31/h11-15H,5-10H2,1-4H3. The molecule has 0 radical (unpaired) electrons. The van der Waals surface area contributed by atoms with Gasteiger partial charge < -0.3 is 19.1 Å². The molecule has 2 aliphatic rings. The normalized spacial score (nSPS) is 16.4. The minimum atomic E-state index is -0.0158. The zero-order chi connectivity index (χ0) is 23.3. The molecule has 0 N–H and O–H groups in total. The fraction of sp³-hybridized carbons (Fsp3) is 0.400. The third kappa shape index (κ3) is 3.50. The number of piperidine rings is 1. The van der Waals surface area contributed by atoms with Crippen LogP contribution in [0.5, 0.6) is 5.75 Å². The molecule has 3 aromatic rings. The lowest BCUT2D eigenvalue weighted by atomic mass is 10.1. The van der Waals surface area contributed by atoms with E-state index < -0.39 is 0 Å². The largest absolute Gasteiger partial charge is 0.497 e. The third-order valence-electron chi connectivity index (χ3n) is 6.81. The SMILES string of the molecule is COc1cc(N2CCN(C)c3cc(N4CCCCC4=O)ncc32)c2cc(C)c(=O)n(C)c2c1. The van der Waals surface area contributed by atoms with Gasteiger partial charge in [0, 0.05) is 69.3 Å². The quantitative estimate of drug-likeness (QED) is 0.613. The smallest absolute Gasteiger partial charge is 0.253 e. The van der Waals surface area contributed by atoms with E-state index in [2.05, 4.69) is 16.8 Å². The maximum absolute atomic E-state index is 12.6. The zero-order valence-corrected chi connectivity index (χ0v) is 19.6. The van der Waals surface area contributed by atoms with Gasteiger partial charge in [0.15, 0.2) is 0 Å². The van der Waals surface area contributed by atoms with Crippen LogP contribution in [-0.4, -0.2) is 49.2 Å². The lowest BCUT2D eigenvalue weighted by Crippen LogP contribution is -2.38.